The second kappa shape index (κ2) is 10.1. The zero-order valence-corrected chi connectivity index (χ0v) is 15.5. The normalized spacial score (nSPS) is 10.4. The molecule has 0 unspecified atom stereocenters. The molecular formula is C23H22O5. The van der Waals surface area contributed by atoms with Crippen molar-refractivity contribution in [3.63, 3.8) is 0 Å². The zero-order valence-electron chi connectivity index (χ0n) is 15.5. The lowest BCUT2D eigenvalue weighted by Gasteiger charge is -2.11. The molecule has 3 rings (SSSR count). The van der Waals surface area contributed by atoms with E-state index in [0.717, 1.165) is 34.1 Å². The molecule has 0 aliphatic carbocycles. The average molecular weight is 378 g/mol. The molecule has 0 bridgehead atoms. The van der Waals surface area contributed by atoms with Gasteiger partial charge in [-0.1, -0.05) is 36.9 Å². The molecule has 0 heterocycles. The van der Waals surface area contributed by atoms with Gasteiger partial charge in [-0.2, -0.15) is 0 Å². The number of carbonyl (C=O) groups is 1. The standard InChI is InChI=1S/C23H22O5/c1-2-23(24)27-16-14-25-13-15-26-22-10-6-7-18-17-20(11-12-21(18)22)28-19-8-4-3-5-9-19/h2-12,17H,1,13-16H2. The van der Waals surface area contributed by atoms with Crippen LogP contribution in [0.5, 0.6) is 17.2 Å². The predicted octanol–water partition coefficient (Wildman–Crippen LogP) is 4.76. The molecule has 0 aromatic heterocycles. The first-order valence-electron chi connectivity index (χ1n) is 9.01. The summed E-state index contributed by atoms with van der Waals surface area (Å²) in [4.78, 5) is 10.9. The number of para-hydroxylation sites is 1. The molecule has 144 valence electrons. The van der Waals surface area contributed by atoms with Crippen molar-refractivity contribution in [2.45, 2.75) is 0 Å². The molecule has 5 heteroatoms. The van der Waals surface area contributed by atoms with E-state index in [1.807, 2.05) is 66.7 Å². The number of rotatable bonds is 10. The topological polar surface area (TPSA) is 54.0 Å². The van der Waals surface area contributed by atoms with Crippen molar-refractivity contribution in [1.29, 1.82) is 0 Å². The molecule has 0 N–H and O–H groups in total. The highest BCUT2D eigenvalue weighted by molar-refractivity contribution is 5.89. The second-order valence-electron chi connectivity index (χ2n) is 5.89. The Morgan fingerprint density at radius 1 is 0.857 bits per heavy atom. The van der Waals surface area contributed by atoms with E-state index in [-0.39, 0.29) is 6.61 Å². The van der Waals surface area contributed by atoms with Crippen LogP contribution in [0, 0.1) is 0 Å². The summed E-state index contributed by atoms with van der Waals surface area (Å²) in [5, 5.41) is 2.03. The smallest absolute Gasteiger partial charge is 0.330 e. The van der Waals surface area contributed by atoms with Crippen LogP contribution in [0.3, 0.4) is 0 Å². The Bertz CT molecular complexity index is 921. The predicted molar refractivity (Wildman–Crippen MR) is 108 cm³/mol. The van der Waals surface area contributed by atoms with Gasteiger partial charge in [0, 0.05) is 11.5 Å². The van der Waals surface area contributed by atoms with Gasteiger partial charge in [0.25, 0.3) is 0 Å². The lowest BCUT2D eigenvalue weighted by Crippen LogP contribution is -2.12. The minimum absolute atomic E-state index is 0.198. The number of benzene rings is 3. The first-order valence-corrected chi connectivity index (χ1v) is 9.01. The summed E-state index contributed by atoms with van der Waals surface area (Å²) in [5.74, 6) is 1.90. The minimum atomic E-state index is -0.453. The van der Waals surface area contributed by atoms with E-state index in [2.05, 4.69) is 6.58 Å². The Hall–Kier alpha value is -3.31. The fourth-order valence-electron chi connectivity index (χ4n) is 2.62. The molecule has 5 nitrogen and oxygen atoms in total. The van der Waals surface area contributed by atoms with Crippen LogP contribution in [0.25, 0.3) is 10.8 Å². The maximum absolute atomic E-state index is 10.9. The van der Waals surface area contributed by atoms with Crippen molar-refractivity contribution in [1.82, 2.24) is 0 Å². The Kier molecular flexibility index (Phi) is 7.04. The van der Waals surface area contributed by atoms with Gasteiger partial charge < -0.3 is 18.9 Å². The van der Waals surface area contributed by atoms with Gasteiger partial charge in [-0.05, 0) is 41.8 Å². The third-order valence-corrected chi connectivity index (χ3v) is 3.91. The monoisotopic (exact) mass is 378 g/mol. The molecule has 28 heavy (non-hydrogen) atoms. The molecule has 0 saturated carbocycles. The van der Waals surface area contributed by atoms with Crippen molar-refractivity contribution in [3.8, 4) is 17.2 Å². The zero-order chi connectivity index (χ0) is 19.6. The van der Waals surface area contributed by atoms with Crippen LogP contribution in [0.1, 0.15) is 0 Å². The number of esters is 1. The van der Waals surface area contributed by atoms with E-state index in [0.29, 0.717) is 19.8 Å². The highest BCUT2D eigenvalue weighted by atomic mass is 16.6. The van der Waals surface area contributed by atoms with E-state index in [9.17, 15) is 4.79 Å². The van der Waals surface area contributed by atoms with E-state index in [1.54, 1.807) is 0 Å². The lowest BCUT2D eigenvalue weighted by molar-refractivity contribution is -0.139. The highest BCUT2D eigenvalue weighted by Crippen LogP contribution is 2.30. The van der Waals surface area contributed by atoms with Crippen LogP contribution in [0.2, 0.25) is 0 Å². The molecule has 0 amide bonds. The molecule has 3 aromatic rings. The van der Waals surface area contributed by atoms with Crippen molar-refractivity contribution in [2.24, 2.45) is 0 Å². The molecule has 0 atom stereocenters. The third kappa shape index (κ3) is 5.59. The van der Waals surface area contributed by atoms with E-state index in [1.165, 1.54) is 0 Å². The fraction of sp³-hybridized carbons (Fsp3) is 0.174. The van der Waals surface area contributed by atoms with Crippen molar-refractivity contribution in [3.05, 3.63) is 79.4 Å². The second-order valence-corrected chi connectivity index (χ2v) is 5.89. The molecule has 0 aliphatic rings. The van der Waals surface area contributed by atoms with Gasteiger partial charge in [-0.15, -0.1) is 0 Å². The molecule has 3 aromatic carbocycles. The maximum atomic E-state index is 10.9. The first kappa shape index (κ1) is 19.5. The lowest BCUT2D eigenvalue weighted by atomic mass is 10.1. The van der Waals surface area contributed by atoms with Crippen LogP contribution < -0.4 is 9.47 Å². The van der Waals surface area contributed by atoms with Crippen molar-refractivity contribution >= 4 is 16.7 Å². The van der Waals surface area contributed by atoms with Crippen LogP contribution >= 0.6 is 0 Å². The SMILES string of the molecule is C=CC(=O)OCCOCCOc1cccc2cc(Oc3ccccc3)ccc12. The van der Waals surface area contributed by atoms with Gasteiger partial charge in [0.05, 0.1) is 13.2 Å². The Balaban J connectivity index is 1.52. The summed E-state index contributed by atoms with van der Waals surface area (Å²) in [6.45, 7) is 4.65. The van der Waals surface area contributed by atoms with Gasteiger partial charge in [-0.25, -0.2) is 4.79 Å². The molecule has 0 radical (unpaired) electrons. The quantitative estimate of drug-likeness (QED) is 0.289. The van der Waals surface area contributed by atoms with Crippen LogP contribution in [0.4, 0.5) is 0 Å². The number of hydrogen-bond donors (Lipinski definition) is 0. The van der Waals surface area contributed by atoms with E-state index >= 15 is 0 Å². The Morgan fingerprint density at radius 3 is 2.50 bits per heavy atom. The van der Waals surface area contributed by atoms with Crippen LogP contribution in [-0.4, -0.2) is 32.4 Å². The number of fused-ring (bicyclic) bond motifs is 1. The number of carbonyl (C=O) groups excluding carboxylic acids is 1. The molecule has 0 spiro atoms. The minimum Gasteiger partial charge on any atom is -0.491 e. The number of hydrogen-bond acceptors (Lipinski definition) is 5. The van der Waals surface area contributed by atoms with Gasteiger partial charge in [0.1, 0.15) is 30.5 Å². The Labute approximate surface area is 164 Å². The largest absolute Gasteiger partial charge is 0.491 e. The van der Waals surface area contributed by atoms with Crippen LogP contribution in [0.15, 0.2) is 79.4 Å². The summed E-state index contributed by atoms with van der Waals surface area (Å²) in [6.07, 6.45) is 1.12. The molecule has 0 aliphatic heterocycles. The first-order chi connectivity index (χ1) is 13.8. The molecule has 0 fully saturated rings. The molecular weight excluding hydrogens is 356 g/mol. The fourth-order valence-corrected chi connectivity index (χ4v) is 2.62. The highest BCUT2D eigenvalue weighted by Gasteiger charge is 2.05. The summed E-state index contributed by atoms with van der Waals surface area (Å²) in [5.41, 5.74) is 0. The van der Waals surface area contributed by atoms with E-state index < -0.39 is 5.97 Å². The number of ether oxygens (including phenoxy) is 4. The third-order valence-electron chi connectivity index (χ3n) is 3.91. The summed E-state index contributed by atoms with van der Waals surface area (Å²) < 4.78 is 21.9. The van der Waals surface area contributed by atoms with Crippen molar-refractivity contribution < 1.29 is 23.7 Å². The van der Waals surface area contributed by atoms with Crippen LogP contribution in [-0.2, 0) is 14.3 Å². The van der Waals surface area contributed by atoms with Gasteiger partial charge in [0.15, 0.2) is 0 Å². The van der Waals surface area contributed by atoms with Gasteiger partial charge in [0.2, 0.25) is 0 Å². The maximum Gasteiger partial charge on any atom is 0.330 e. The van der Waals surface area contributed by atoms with Gasteiger partial charge in [-0.3, -0.25) is 0 Å². The Morgan fingerprint density at radius 2 is 1.68 bits per heavy atom. The van der Waals surface area contributed by atoms with Gasteiger partial charge >= 0.3 is 5.97 Å². The van der Waals surface area contributed by atoms with Crippen molar-refractivity contribution in [2.75, 3.05) is 26.4 Å². The molecule has 0 saturated heterocycles. The summed E-state index contributed by atoms with van der Waals surface area (Å²) in [7, 11) is 0. The summed E-state index contributed by atoms with van der Waals surface area (Å²) in [6, 6.07) is 21.4. The van der Waals surface area contributed by atoms with E-state index in [4.69, 9.17) is 18.9 Å². The average Bonchev–Trinajstić information content (AvgIpc) is 2.73. The summed E-state index contributed by atoms with van der Waals surface area (Å²) >= 11 is 0.